The van der Waals surface area contributed by atoms with Crippen molar-refractivity contribution in [2.45, 2.75) is 20.3 Å². The molecule has 0 radical (unpaired) electrons. The van der Waals surface area contributed by atoms with Crippen molar-refractivity contribution < 1.29 is 4.79 Å². The lowest BCUT2D eigenvalue weighted by Gasteiger charge is -2.27. The Labute approximate surface area is 131 Å². The van der Waals surface area contributed by atoms with E-state index in [1.807, 2.05) is 20.9 Å². The summed E-state index contributed by atoms with van der Waals surface area (Å²) in [5.74, 6) is 0.829. The zero-order chi connectivity index (χ0) is 15.9. The number of guanidine groups is 1. The van der Waals surface area contributed by atoms with Crippen LogP contribution in [0.5, 0.6) is 0 Å². The highest BCUT2D eigenvalue weighted by molar-refractivity contribution is 7.09. The van der Waals surface area contributed by atoms with E-state index in [2.05, 4.69) is 38.0 Å². The second-order valence-corrected chi connectivity index (χ2v) is 6.65. The minimum Gasteiger partial charge on any atom is -0.359 e. The number of likely N-dealkylation sites (N-methyl/N-ethyl adjacent to an activating group) is 1. The van der Waals surface area contributed by atoms with Gasteiger partial charge in [0.15, 0.2) is 5.96 Å². The van der Waals surface area contributed by atoms with Gasteiger partial charge in [0.1, 0.15) is 0 Å². The molecular formula is C15H26N4OS. The van der Waals surface area contributed by atoms with Crippen LogP contribution in [0.25, 0.3) is 0 Å². The fourth-order valence-electron chi connectivity index (χ4n) is 1.94. The van der Waals surface area contributed by atoms with Gasteiger partial charge in [0.2, 0.25) is 5.91 Å². The summed E-state index contributed by atoms with van der Waals surface area (Å²) in [5, 5.41) is 8.05. The quantitative estimate of drug-likeness (QED) is 0.619. The van der Waals surface area contributed by atoms with E-state index >= 15 is 0 Å². The summed E-state index contributed by atoms with van der Waals surface area (Å²) < 4.78 is 0. The van der Waals surface area contributed by atoms with Gasteiger partial charge >= 0.3 is 0 Å². The zero-order valence-corrected chi connectivity index (χ0v) is 14.4. The first-order valence-corrected chi connectivity index (χ1v) is 7.95. The maximum Gasteiger partial charge on any atom is 0.227 e. The summed E-state index contributed by atoms with van der Waals surface area (Å²) in [6.07, 6.45) is 0.994. The first-order chi connectivity index (χ1) is 9.90. The molecule has 0 aliphatic rings. The Kier molecular flexibility index (Phi) is 6.68. The molecule has 1 rings (SSSR count). The smallest absolute Gasteiger partial charge is 0.227 e. The highest BCUT2D eigenvalue weighted by atomic mass is 32.1. The largest absolute Gasteiger partial charge is 0.359 e. The Bertz CT molecular complexity index is 468. The molecule has 0 saturated heterocycles. The molecule has 0 aliphatic heterocycles. The van der Waals surface area contributed by atoms with Gasteiger partial charge in [0.25, 0.3) is 0 Å². The molecule has 5 nitrogen and oxygen atoms in total. The van der Waals surface area contributed by atoms with E-state index in [-0.39, 0.29) is 5.91 Å². The molecule has 6 heteroatoms. The Morgan fingerprint density at radius 1 is 1.48 bits per heavy atom. The van der Waals surface area contributed by atoms with Gasteiger partial charge in [0.05, 0.1) is 5.41 Å². The van der Waals surface area contributed by atoms with Crippen LogP contribution in [0.3, 0.4) is 0 Å². The fraction of sp³-hybridized carbons (Fsp3) is 0.600. The van der Waals surface area contributed by atoms with Crippen LogP contribution in [0.2, 0.25) is 0 Å². The number of thiophene rings is 1. The number of carbonyl (C=O) groups is 1. The molecule has 0 spiro atoms. The Balaban J connectivity index is 2.49. The molecular weight excluding hydrogens is 284 g/mol. The van der Waals surface area contributed by atoms with E-state index in [9.17, 15) is 4.79 Å². The van der Waals surface area contributed by atoms with Crippen molar-refractivity contribution >= 4 is 23.2 Å². The number of hydrogen-bond donors (Lipinski definition) is 2. The minimum atomic E-state index is -0.473. The second kappa shape index (κ2) is 8.02. The molecule has 1 amide bonds. The van der Waals surface area contributed by atoms with Crippen LogP contribution in [0.15, 0.2) is 22.5 Å². The summed E-state index contributed by atoms with van der Waals surface area (Å²) in [5.41, 5.74) is -0.473. The van der Waals surface area contributed by atoms with Crippen molar-refractivity contribution in [3.63, 3.8) is 0 Å². The van der Waals surface area contributed by atoms with Crippen LogP contribution < -0.4 is 10.6 Å². The highest BCUT2D eigenvalue weighted by Gasteiger charge is 2.27. The minimum absolute atomic E-state index is 0.0201. The van der Waals surface area contributed by atoms with Gasteiger partial charge in [0, 0.05) is 39.1 Å². The molecule has 1 heterocycles. The fourth-order valence-corrected chi connectivity index (χ4v) is 2.64. The molecule has 118 valence electrons. The predicted octanol–water partition coefficient (Wildman–Crippen LogP) is 1.57. The Hall–Kier alpha value is -1.56. The molecule has 1 aromatic rings. The van der Waals surface area contributed by atoms with Crippen molar-refractivity contribution in [3.8, 4) is 0 Å². The van der Waals surface area contributed by atoms with Gasteiger partial charge in [-0.05, 0) is 31.7 Å². The number of rotatable bonds is 6. The Morgan fingerprint density at radius 3 is 2.71 bits per heavy atom. The monoisotopic (exact) mass is 310 g/mol. The standard InChI is InChI=1S/C15H26N4OS/c1-15(2,13(20)16-3)11-18-14(17-4)19(5)9-8-12-7-6-10-21-12/h6-7,10H,8-9,11H2,1-5H3,(H,16,20)(H,17,18). The number of carbonyl (C=O) groups excluding carboxylic acids is 1. The van der Waals surface area contributed by atoms with E-state index < -0.39 is 5.41 Å². The lowest BCUT2D eigenvalue weighted by Crippen LogP contribution is -2.48. The molecule has 0 fully saturated rings. The van der Waals surface area contributed by atoms with Crippen molar-refractivity contribution in [2.75, 3.05) is 34.2 Å². The lowest BCUT2D eigenvalue weighted by molar-refractivity contribution is -0.128. The number of nitrogens with one attached hydrogen (secondary N) is 2. The summed E-state index contributed by atoms with van der Waals surface area (Å²) in [6.45, 7) is 5.26. The molecule has 0 aromatic carbocycles. The van der Waals surface area contributed by atoms with Crippen LogP contribution in [0.1, 0.15) is 18.7 Å². The van der Waals surface area contributed by atoms with E-state index in [1.54, 1.807) is 25.4 Å². The molecule has 0 unspecified atom stereocenters. The molecule has 0 atom stereocenters. The van der Waals surface area contributed by atoms with Crippen LogP contribution >= 0.6 is 11.3 Å². The summed E-state index contributed by atoms with van der Waals surface area (Å²) in [7, 11) is 5.43. The summed E-state index contributed by atoms with van der Waals surface area (Å²) >= 11 is 1.77. The molecule has 0 saturated carbocycles. The molecule has 21 heavy (non-hydrogen) atoms. The van der Waals surface area contributed by atoms with Crippen molar-refractivity contribution in [3.05, 3.63) is 22.4 Å². The van der Waals surface area contributed by atoms with Gasteiger partial charge in [-0.15, -0.1) is 11.3 Å². The van der Waals surface area contributed by atoms with E-state index in [4.69, 9.17) is 0 Å². The average molecular weight is 310 g/mol. The maximum absolute atomic E-state index is 11.8. The van der Waals surface area contributed by atoms with Crippen LogP contribution in [-0.2, 0) is 11.2 Å². The van der Waals surface area contributed by atoms with E-state index in [1.165, 1.54) is 4.88 Å². The van der Waals surface area contributed by atoms with Crippen LogP contribution in [0, 0.1) is 5.41 Å². The molecule has 2 N–H and O–H groups in total. The maximum atomic E-state index is 11.8. The van der Waals surface area contributed by atoms with Gasteiger partial charge in [-0.2, -0.15) is 0 Å². The lowest BCUT2D eigenvalue weighted by atomic mass is 9.92. The zero-order valence-electron chi connectivity index (χ0n) is 13.6. The van der Waals surface area contributed by atoms with Crippen molar-refractivity contribution in [2.24, 2.45) is 10.4 Å². The number of nitrogens with zero attached hydrogens (tertiary/aromatic N) is 2. The number of amides is 1. The van der Waals surface area contributed by atoms with Gasteiger partial charge in [-0.1, -0.05) is 6.07 Å². The first kappa shape index (κ1) is 17.5. The molecule has 0 bridgehead atoms. The third kappa shape index (κ3) is 5.38. The van der Waals surface area contributed by atoms with E-state index in [0.717, 1.165) is 18.9 Å². The van der Waals surface area contributed by atoms with Gasteiger partial charge < -0.3 is 15.5 Å². The normalized spacial score (nSPS) is 12.1. The predicted molar refractivity (Wildman–Crippen MR) is 89.9 cm³/mol. The third-order valence-corrected chi connectivity index (χ3v) is 4.31. The number of hydrogen-bond acceptors (Lipinski definition) is 3. The second-order valence-electron chi connectivity index (χ2n) is 5.61. The van der Waals surface area contributed by atoms with E-state index in [0.29, 0.717) is 6.54 Å². The molecule has 0 aliphatic carbocycles. The van der Waals surface area contributed by atoms with Crippen LogP contribution in [-0.4, -0.2) is 51.0 Å². The SMILES string of the molecule is CN=C(NCC(C)(C)C(=O)NC)N(C)CCc1cccs1. The first-order valence-electron chi connectivity index (χ1n) is 7.07. The Morgan fingerprint density at radius 2 is 2.19 bits per heavy atom. The topological polar surface area (TPSA) is 56.7 Å². The highest BCUT2D eigenvalue weighted by Crippen LogP contribution is 2.13. The number of aliphatic imine (C=N–C) groups is 1. The van der Waals surface area contributed by atoms with Crippen LogP contribution in [0.4, 0.5) is 0 Å². The molecule has 1 aromatic heterocycles. The third-order valence-electron chi connectivity index (χ3n) is 3.38. The van der Waals surface area contributed by atoms with Crippen molar-refractivity contribution in [1.82, 2.24) is 15.5 Å². The van der Waals surface area contributed by atoms with Crippen molar-refractivity contribution in [1.29, 1.82) is 0 Å². The average Bonchev–Trinajstić information content (AvgIpc) is 2.97. The summed E-state index contributed by atoms with van der Waals surface area (Å²) in [4.78, 5) is 19.5. The summed E-state index contributed by atoms with van der Waals surface area (Å²) in [6, 6.07) is 4.21. The van der Waals surface area contributed by atoms with Gasteiger partial charge in [-0.3, -0.25) is 9.79 Å². The van der Waals surface area contributed by atoms with Gasteiger partial charge in [-0.25, -0.2) is 0 Å².